The van der Waals surface area contributed by atoms with Crippen molar-refractivity contribution >= 4 is 25.8 Å². The van der Waals surface area contributed by atoms with Crippen LogP contribution in [0.25, 0.3) is 0 Å². The average Bonchev–Trinajstić information content (AvgIpc) is 2.26. The topological polar surface area (TPSA) is 69.7 Å². The minimum Gasteiger partial charge on any atom is -0.431 e. The first-order valence-electron chi connectivity index (χ1n) is 6.91. The molecule has 0 aromatic heterocycles. The first-order valence-corrected chi connectivity index (χ1v) is 10.1. The zero-order valence-electron chi connectivity index (χ0n) is 12.1. The molecule has 1 saturated carbocycles. The number of rotatable bonds is 1. The highest BCUT2D eigenvalue weighted by Gasteiger charge is 2.39. The fourth-order valence-corrected chi connectivity index (χ4v) is 6.53. The Kier molecular flexibility index (Phi) is 4.59. The molecule has 116 valence electrons. The summed E-state index contributed by atoms with van der Waals surface area (Å²) in [6.07, 6.45) is 1.50. The van der Waals surface area contributed by atoms with Crippen LogP contribution in [0.15, 0.2) is 0 Å². The molecule has 2 fully saturated rings. The Bertz CT molecular complexity index is 466. The lowest BCUT2D eigenvalue weighted by Gasteiger charge is -2.38. The number of fused-ring (bicyclic) bond motifs is 1. The van der Waals surface area contributed by atoms with Crippen molar-refractivity contribution in [3.8, 4) is 0 Å². The van der Waals surface area contributed by atoms with Crippen molar-refractivity contribution in [3.63, 3.8) is 0 Å². The van der Waals surface area contributed by atoms with E-state index in [-0.39, 0.29) is 17.8 Å². The largest absolute Gasteiger partial charge is 0.509 e. The van der Waals surface area contributed by atoms with E-state index in [0.717, 1.165) is 30.1 Å². The molecule has 3 atom stereocenters. The highest BCUT2D eigenvalue weighted by atomic mass is 33.1. The fraction of sp³-hybridized carbons (Fsp3) is 0.923. The van der Waals surface area contributed by atoms with E-state index in [1.54, 1.807) is 20.8 Å². The minimum absolute atomic E-state index is 0.146. The van der Waals surface area contributed by atoms with Crippen LogP contribution in [-0.2, 0) is 18.3 Å². The second-order valence-electron chi connectivity index (χ2n) is 6.55. The maximum Gasteiger partial charge on any atom is 0.509 e. The molecule has 3 unspecified atom stereocenters. The SMILES string of the molecule is CC(C)(C)OC(=O)OC1CCC2CS(=O)(=O)SCC2C1. The van der Waals surface area contributed by atoms with E-state index in [9.17, 15) is 13.2 Å². The van der Waals surface area contributed by atoms with Gasteiger partial charge in [-0.05, 0) is 62.7 Å². The van der Waals surface area contributed by atoms with Gasteiger partial charge >= 0.3 is 6.16 Å². The molecular formula is C13H22O5S2. The predicted molar refractivity (Wildman–Crippen MR) is 78.2 cm³/mol. The first kappa shape index (κ1) is 15.9. The van der Waals surface area contributed by atoms with Crippen LogP contribution in [-0.4, -0.2) is 37.8 Å². The average molecular weight is 322 g/mol. The number of carbonyl (C=O) groups is 1. The monoisotopic (exact) mass is 322 g/mol. The highest BCUT2D eigenvalue weighted by molar-refractivity contribution is 8.72. The van der Waals surface area contributed by atoms with Crippen LogP contribution in [0.4, 0.5) is 4.79 Å². The van der Waals surface area contributed by atoms with E-state index in [1.807, 2.05) is 0 Å². The second kappa shape index (κ2) is 5.75. The molecule has 0 bridgehead atoms. The van der Waals surface area contributed by atoms with Gasteiger partial charge in [-0.1, -0.05) is 0 Å². The third kappa shape index (κ3) is 4.55. The molecule has 0 N–H and O–H groups in total. The molecule has 0 amide bonds. The summed E-state index contributed by atoms with van der Waals surface area (Å²) in [4.78, 5) is 11.6. The molecule has 5 nitrogen and oxygen atoms in total. The van der Waals surface area contributed by atoms with Crippen LogP contribution in [0.3, 0.4) is 0 Å². The molecule has 0 aromatic carbocycles. The van der Waals surface area contributed by atoms with E-state index in [0.29, 0.717) is 11.7 Å². The molecule has 0 radical (unpaired) electrons. The van der Waals surface area contributed by atoms with Gasteiger partial charge in [0.25, 0.3) is 0 Å². The Labute approximate surface area is 124 Å². The van der Waals surface area contributed by atoms with Gasteiger partial charge < -0.3 is 9.47 Å². The zero-order chi connectivity index (χ0) is 15.0. The van der Waals surface area contributed by atoms with Crippen LogP contribution in [0.5, 0.6) is 0 Å². The molecule has 0 aromatic rings. The van der Waals surface area contributed by atoms with Gasteiger partial charge in [0.1, 0.15) is 11.7 Å². The van der Waals surface area contributed by atoms with Crippen molar-refractivity contribution in [1.82, 2.24) is 0 Å². The number of hydrogen-bond acceptors (Lipinski definition) is 6. The van der Waals surface area contributed by atoms with Gasteiger partial charge in [0.05, 0.1) is 5.75 Å². The van der Waals surface area contributed by atoms with Crippen LogP contribution >= 0.6 is 10.8 Å². The summed E-state index contributed by atoms with van der Waals surface area (Å²) in [7, 11) is -1.90. The van der Waals surface area contributed by atoms with Gasteiger partial charge in [0.2, 0.25) is 8.87 Å². The Morgan fingerprint density at radius 2 is 1.90 bits per heavy atom. The number of carbonyl (C=O) groups excluding carboxylic acids is 1. The highest BCUT2D eigenvalue weighted by Crippen LogP contribution is 2.41. The molecule has 1 saturated heterocycles. The Morgan fingerprint density at radius 1 is 1.20 bits per heavy atom. The maximum absolute atomic E-state index is 11.6. The van der Waals surface area contributed by atoms with Gasteiger partial charge in [-0.15, -0.1) is 0 Å². The molecule has 20 heavy (non-hydrogen) atoms. The number of ether oxygens (including phenoxy) is 2. The molecule has 1 aliphatic carbocycles. The van der Waals surface area contributed by atoms with Gasteiger partial charge in [-0.25, -0.2) is 13.2 Å². The van der Waals surface area contributed by atoms with Gasteiger partial charge in [0.15, 0.2) is 0 Å². The van der Waals surface area contributed by atoms with Crippen molar-refractivity contribution < 1.29 is 22.7 Å². The quantitative estimate of drug-likeness (QED) is 0.546. The lowest BCUT2D eigenvalue weighted by molar-refractivity contribution is -0.0411. The van der Waals surface area contributed by atoms with Crippen molar-refractivity contribution in [2.45, 2.75) is 51.7 Å². The lowest BCUT2D eigenvalue weighted by atomic mass is 9.80. The van der Waals surface area contributed by atoms with Crippen LogP contribution < -0.4 is 0 Å². The summed E-state index contributed by atoms with van der Waals surface area (Å²) in [6.45, 7) is 5.40. The van der Waals surface area contributed by atoms with E-state index in [1.165, 1.54) is 0 Å². The van der Waals surface area contributed by atoms with Crippen LogP contribution in [0, 0.1) is 11.8 Å². The summed E-state index contributed by atoms with van der Waals surface area (Å²) in [6, 6.07) is 0. The molecule has 2 aliphatic rings. The Morgan fingerprint density at radius 3 is 2.55 bits per heavy atom. The Hall–Kier alpha value is -0.430. The Balaban J connectivity index is 1.85. The van der Waals surface area contributed by atoms with Crippen molar-refractivity contribution in [1.29, 1.82) is 0 Å². The van der Waals surface area contributed by atoms with Crippen molar-refractivity contribution in [3.05, 3.63) is 0 Å². The summed E-state index contributed by atoms with van der Waals surface area (Å²) in [5.74, 6) is 1.42. The molecule has 2 rings (SSSR count). The third-order valence-corrected chi connectivity index (χ3v) is 7.28. The smallest absolute Gasteiger partial charge is 0.431 e. The third-order valence-electron chi connectivity index (χ3n) is 3.62. The second-order valence-corrected chi connectivity index (χ2v) is 10.8. The maximum atomic E-state index is 11.6. The zero-order valence-corrected chi connectivity index (χ0v) is 13.8. The van der Waals surface area contributed by atoms with E-state index in [4.69, 9.17) is 9.47 Å². The normalized spacial score (nSPS) is 33.0. The van der Waals surface area contributed by atoms with Crippen molar-refractivity contribution in [2.24, 2.45) is 11.8 Å². The lowest BCUT2D eigenvalue weighted by Crippen LogP contribution is -2.39. The summed E-state index contributed by atoms with van der Waals surface area (Å²) < 4.78 is 33.7. The molecular weight excluding hydrogens is 300 g/mol. The standard InChI is InChI=1S/C13H22O5S2/c1-13(2,3)18-12(14)17-11-5-4-9-8-20(15,16)19-7-10(9)6-11/h9-11H,4-8H2,1-3H3. The first-order chi connectivity index (χ1) is 9.15. The van der Waals surface area contributed by atoms with E-state index in [2.05, 4.69) is 0 Å². The molecule has 1 aliphatic heterocycles. The molecule has 7 heteroatoms. The van der Waals surface area contributed by atoms with E-state index < -0.39 is 20.6 Å². The number of hydrogen-bond donors (Lipinski definition) is 0. The van der Waals surface area contributed by atoms with E-state index >= 15 is 0 Å². The van der Waals surface area contributed by atoms with Gasteiger partial charge in [0, 0.05) is 5.75 Å². The molecule has 1 heterocycles. The molecule has 0 spiro atoms. The predicted octanol–water partition coefficient (Wildman–Crippen LogP) is 2.80. The summed E-state index contributed by atoms with van der Waals surface area (Å²) in [5.41, 5.74) is -0.553. The van der Waals surface area contributed by atoms with Crippen molar-refractivity contribution in [2.75, 3.05) is 11.5 Å². The van der Waals surface area contributed by atoms with Gasteiger partial charge in [-0.3, -0.25) is 0 Å². The van der Waals surface area contributed by atoms with Gasteiger partial charge in [-0.2, -0.15) is 0 Å². The van der Waals surface area contributed by atoms with Crippen LogP contribution in [0.2, 0.25) is 0 Å². The van der Waals surface area contributed by atoms with Crippen LogP contribution in [0.1, 0.15) is 40.0 Å². The fourth-order valence-electron chi connectivity index (χ4n) is 2.73. The summed E-state index contributed by atoms with van der Waals surface area (Å²) in [5, 5.41) is 0. The summed E-state index contributed by atoms with van der Waals surface area (Å²) >= 11 is 0. The minimum atomic E-state index is -2.93.